The zero-order valence-corrected chi connectivity index (χ0v) is 17.6. The topological polar surface area (TPSA) is 54.0 Å². The van der Waals surface area contributed by atoms with Crippen LogP contribution in [-0.2, 0) is 20.7 Å². The summed E-state index contributed by atoms with van der Waals surface area (Å²) in [6.07, 6.45) is 2.41. The maximum Gasteiger partial charge on any atom is 0.340 e. The zero-order chi connectivity index (χ0) is 22.7. The highest BCUT2D eigenvalue weighted by atomic mass is 19.2. The third-order valence-corrected chi connectivity index (χ3v) is 5.37. The average Bonchev–Trinajstić information content (AvgIpc) is 2.76. The second-order valence-electron chi connectivity index (χ2n) is 7.62. The molecule has 2 heterocycles. The molecule has 2 aliphatic rings. The van der Waals surface area contributed by atoms with Gasteiger partial charge in [-0.15, -0.1) is 0 Å². The number of methoxy groups -OCH3 is 1. The van der Waals surface area contributed by atoms with E-state index >= 15 is 0 Å². The van der Waals surface area contributed by atoms with Gasteiger partial charge < -0.3 is 18.9 Å². The van der Waals surface area contributed by atoms with Crippen LogP contribution in [0.4, 0.5) is 13.2 Å². The fraction of sp³-hybridized carbons (Fsp3) is 0.435. The molecule has 2 atom stereocenters. The molecule has 2 aliphatic heterocycles. The average molecular weight is 438 g/mol. The lowest BCUT2D eigenvalue weighted by atomic mass is 9.94. The number of halogens is 3. The molecule has 5 nitrogen and oxygen atoms in total. The minimum absolute atomic E-state index is 0.0462. The number of carbonyl (C=O) groups is 1. The number of benzene rings is 1. The van der Waals surface area contributed by atoms with Crippen molar-refractivity contribution in [2.24, 2.45) is 5.92 Å². The molecule has 0 aliphatic carbocycles. The summed E-state index contributed by atoms with van der Waals surface area (Å²) in [6, 6.07) is 1.15. The van der Waals surface area contributed by atoms with Crippen molar-refractivity contribution in [1.29, 1.82) is 0 Å². The van der Waals surface area contributed by atoms with Crippen LogP contribution >= 0.6 is 0 Å². The van der Waals surface area contributed by atoms with E-state index in [-0.39, 0.29) is 29.1 Å². The van der Waals surface area contributed by atoms with E-state index in [2.05, 4.69) is 20.1 Å². The Morgan fingerprint density at radius 3 is 2.65 bits per heavy atom. The van der Waals surface area contributed by atoms with Gasteiger partial charge in [-0.05, 0) is 36.8 Å². The van der Waals surface area contributed by atoms with Crippen LogP contribution < -0.4 is 9.47 Å². The number of carbonyl (C=O) groups excluding carboxylic acids is 1. The Hall–Kier alpha value is -2.74. The number of rotatable bonds is 6. The summed E-state index contributed by atoms with van der Waals surface area (Å²) in [4.78, 5) is 12.4. The van der Waals surface area contributed by atoms with E-state index in [1.54, 1.807) is 0 Å². The standard InChI is InChI=1S/C23H25F3O5/c1-5-6-14-7-8-16(29-11-14)23(27)30-17-10-15-9-12(2)21(18(24)13(3)28-4)31-22(15)20(26)19(17)25/h10,14,16H,2-3,5-9,11H2,1,4H3/b21-18-. The molecule has 0 bridgehead atoms. The van der Waals surface area contributed by atoms with Crippen molar-refractivity contribution in [3.63, 3.8) is 0 Å². The van der Waals surface area contributed by atoms with E-state index in [4.69, 9.17) is 18.9 Å². The SMILES string of the molecule is C=C(OC)/C(F)=C1/Oc2c(cc(OC(=O)C3CCC(CCC)CO3)c(F)c2F)CC1=C. The maximum atomic E-state index is 14.7. The van der Waals surface area contributed by atoms with Crippen molar-refractivity contribution >= 4 is 5.97 Å². The van der Waals surface area contributed by atoms with Gasteiger partial charge in [0.25, 0.3) is 0 Å². The van der Waals surface area contributed by atoms with Gasteiger partial charge in [0.15, 0.2) is 29.1 Å². The second-order valence-corrected chi connectivity index (χ2v) is 7.62. The highest BCUT2D eigenvalue weighted by Gasteiger charge is 2.33. The third-order valence-electron chi connectivity index (χ3n) is 5.37. The van der Waals surface area contributed by atoms with Crippen LogP contribution in [0.5, 0.6) is 11.5 Å². The normalized spacial score (nSPS) is 22.3. The second kappa shape index (κ2) is 9.60. The van der Waals surface area contributed by atoms with Gasteiger partial charge in [-0.3, -0.25) is 0 Å². The predicted octanol–water partition coefficient (Wildman–Crippen LogP) is 5.30. The van der Waals surface area contributed by atoms with E-state index in [0.717, 1.165) is 25.3 Å². The first-order valence-electron chi connectivity index (χ1n) is 10.1. The maximum absolute atomic E-state index is 14.7. The largest absolute Gasteiger partial charge is 0.494 e. The van der Waals surface area contributed by atoms with Crippen LogP contribution in [0.3, 0.4) is 0 Å². The predicted molar refractivity (Wildman–Crippen MR) is 107 cm³/mol. The fourth-order valence-electron chi connectivity index (χ4n) is 3.65. The molecule has 0 saturated carbocycles. The lowest BCUT2D eigenvalue weighted by Crippen LogP contribution is -2.35. The zero-order valence-electron chi connectivity index (χ0n) is 17.6. The Bertz CT molecular complexity index is 930. The van der Waals surface area contributed by atoms with Gasteiger partial charge in [-0.1, -0.05) is 26.5 Å². The van der Waals surface area contributed by atoms with Crippen molar-refractivity contribution in [2.45, 2.75) is 45.1 Å². The summed E-state index contributed by atoms with van der Waals surface area (Å²) in [7, 11) is 1.21. The Morgan fingerprint density at radius 1 is 1.29 bits per heavy atom. The van der Waals surface area contributed by atoms with Gasteiger partial charge in [0, 0.05) is 12.0 Å². The first-order chi connectivity index (χ1) is 14.8. The Balaban J connectivity index is 1.79. The van der Waals surface area contributed by atoms with Crippen LogP contribution in [0.2, 0.25) is 0 Å². The number of fused-ring (bicyclic) bond motifs is 1. The number of esters is 1. The molecular formula is C23H25F3O5. The molecule has 1 aromatic carbocycles. The Labute approximate surface area is 179 Å². The summed E-state index contributed by atoms with van der Waals surface area (Å²) < 4.78 is 64.2. The van der Waals surface area contributed by atoms with Crippen molar-refractivity contribution < 1.29 is 36.9 Å². The van der Waals surface area contributed by atoms with Crippen LogP contribution in [-0.4, -0.2) is 25.8 Å². The van der Waals surface area contributed by atoms with Gasteiger partial charge in [-0.25, -0.2) is 4.79 Å². The molecule has 3 rings (SSSR count). The molecular weight excluding hydrogens is 413 g/mol. The minimum atomic E-state index is -1.41. The molecule has 1 fully saturated rings. The van der Waals surface area contributed by atoms with Crippen LogP contribution in [0.1, 0.15) is 38.2 Å². The van der Waals surface area contributed by atoms with Gasteiger partial charge in [0.05, 0.1) is 13.7 Å². The number of allylic oxidation sites excluding steroid dienone is 2. The molecule has 2 unspecified atom stereocenters. The summed E-state index contributed by atoms with van der Waals surface area (Å²) in [5.41, 5.74) is 0.336. The van der Waals surface area contributed by atoms with Crippen molar-refractivity contribution in [3.8, 4) is 11.5 Å². The van der Waals surface area contributed by atoms with Gasteiger partial charge >= 0.3 is 5.97 Å². The molecule has 0 radical (unpaired) electrons. The molecule has 8 heteroatoms. The first-order valence-corrected chi connectivity index (χ1v) is 10.1. The van der Waals surface area contributed by atoms with E-state index < -0.39 is 41.0 Å². The summed E-state index contributed by atoms with van der Waals surface area (Å²) >= 11 is 0. The van der Waals surface area contributed by atoms with Crippen molar-refractivity contribution in [2.75, 3.05) is 13.7 Å². The first kappa shape index (κ1) is 22.9. The van der Waals surface area contributed by atoms with E-state index in [1.165, 1.54) is 7.11 Å². The summed E-state index contributed by atoms with van der Waals surface area (Å²) in [5, 5.41) is 0. The summed E-state index contributed by atoms with van der Waals surface area (Å²) in [5.74, 6) is -5.98. The lowest BCUT2D eigenvalue weighted by Gasteiger charge is -2.28. The Morgan fingerprint density at radius 2 is 2.03 bits per heavy atom. The highest BCUT2D eigenvalue weighted by molar-refractivity contribution is 5.77. The van der Waals surface area contributed by atoms with E-state index in [9.17, 15) is 18.0 Å². The molecule has 0 amide bonds. The molecule has 1 saturated heterocycles. The van der Waals surface area contributed by atoms with Crippen LogP contribution in [0.15, 0.2) is 42.1 Å². The molecule has 0 spiro atoms. The van der Waals surface area contributed by atoms with Gasteiger partial charge in [0.2, 0.25) is 17.5 Å². The third kappa shape index (κ3) is 4.79. The van der Waals surface area contributed by atoms with Crippen LogP contribution in [0.25, 0.3) is 0 Å². The number of hydrogen-bond donors (Lipinski definition) is 0. The smallest absolute Gasteiger partial charge is 0.340 e. The number of hydrogen-bond acceptors (Lipinski definition) is 5. The minimum Gasteiger partial charge on any atom is -0.494 e. The molecule has 0 aromatic heterocycles. The van der Waals surface area contributed by atoms with Crippen molar-refractivity contribution in [3.05, 3.63) is 59.3 Å². The fourth-order valence-corrected chi connectivity index (χ4v) is 3.65. The quantitative estimate of drug-likeness (QED) is 0.343. The molecule has 0 N–H and O–H groups in total. The number of ether oxygens (including phenoxy) is 4. The Kier molecular flexibility index (Phi) is 7.10. The van der Waals surface area contributed by atoms with Gasteiger partial charge in [0.1, 0.15) is 0 Å². The van der Waals surface area contributed by atoms with Crippen LogP contribution in [0, 0.1) is 17.6 Å². The monoisotopic (exact) mass is 438 g/mol. The summed E-state index contributed by atoms with van der Waals surface area (Å²) in [6.45, 7) is 9.58. The highest BCUT2D eigenvalue weighted by Crippen LogP contribution is 2.41. The van der Waals surface area contributed by atoms with Crippen molar-refractivity contribution in [1.82, 2.24) is 0 Å². The molecule has 168 valence electrons. The van der Waals surface area contributed by atoms with Gasteiger partial charge in [-0.2, -0.15) is 13.2 Å². The lowest BCUT2D eigenvalue weighted by molar-refractivity contribution is -0.152. The molecule has 31 heavy (non-hydrogen) atoms. The molecule has 1 aromatic rings. The van der Waals surface area contributed by atoms with E-state index in [1.807, 2.05) is 0 Å². The van der Waals surface area contributed by atoms with E-state index in [0.29, 0.717) is 18.9 Å².